The molecule has 0 saturated heterocycles. The smallest absolute Gasteiger partial charge is 0.126 e. The number of aromatic nitrogens is 1. The van der Waals surface area contributed by atoms with Crippen LogP contribution in [0.3, 0.4) is 0 Å². The molecule has 0 unspecified atom stereocenters. The number of halogens is 1. The van der Waals surface area contributed by atoms with Gasteiger partial charge in [0.1, 0.15) is 18.2 Å². The van der Waals surface area contributed by atoms with Gasteiger partial charge in [-0.15, -0.1) is 0 Å². The molecule has 0 saturated carbocycles. The third-order valence-electron chi connectivity index (χ3n) is 3.17. The lowest BCUT2D eigenvalue weighted by atomic mass is 10.1. The Morgan fingerprint density at radius 3 is 3.16 bits per heavy atom. The lowest BCUT2D eigenvalue weighted by Gasteiger charge is -2.16. The molecule has 1 aliphatic heterocycles. The predicted molar refractivity (Wildman–Crippen MR) is 70.4 cm³/mol. The molecule has 0 fully saturated rings. The summed E-state index contributed by atoms with van der Waals surface area (Å²) in [7, 11) is 0. The fourth-order valence-electron chi connectivity index (χ4n) is 2.20. The molecule has 4 heteroatoms. The molecule has 2 aromatic rings. The van der Waals surface area contributed by atoms with E-state index in [0.717, 1.165) is 30.8 Å². The summed E-state index contributed by atoms with van der Waals surface area (Å²) in [6.07, 6.45) is 2.81. The molecule has 1 N–H and O–H groups in total. The van der Waals surface area contributed by atoms with Crippen molar-refractivity contribution >= 4 is 0 Å². The molecule has 1 aromatic carbocycles. The summed E-state index contributed by atoms with van der Waals surface area (Å²) in [6, 6.07) is 8.27. The molecule has 3 nitrogen and oxygen atoms in total. The fourth-order valence-corrected chi connectivity index (χ4v) is 2.20. The van der Waals surface area contributed by atoms with E-state index in [1.54, 1.807) is 12.1 Å². The van der Waals surface area contributed by atoms with Crippen LogP contribution in [0, 0.1) is 5.82 Å². The molecular weight excluding hydrogens is 243 g/mol. The Hall–Kier alpha value is -1.94. The van der Waals surface area contributed by atoms with Gasteiger partial charge in [0.05, 0.1) is 0 Å². The van der Waals surface area contributed by atoms with E-state index in [2.05, 4.69) is 16.4 Å². The van der Waals surface area contributed by atoms with Crippen LogP contribution in [-0.4, -0.2) is 11.5 Å². The monoisotopic (exact) mass is 258 g/mol. The number of nitrogens with zero attached hydrogens (tertiary/aromatic N) is 1. The SMILES string of the molecule is Fc1cccc(OCc2cnc3c(c2)CNCC3)c1. The summed E-state index contributed by atoms with van der Waals surface area (Å²) in [5.74, 6) is 0.251. The highest BCUT2D eigenvalue weighted by Gasteiger charge is 2.10. The van der Waals surface area contributed by atoms with Gasteiger partial charge in [-0.05, 0) is 23.8 Å². The van der Waals surface area contributed by atoms with E-state index in [1.807, 2.05) is 6.20 Å². The molecule has 1 aliphatic rings. The zero-order chi connectivity index (χ0) is 13.1. The van der Waals surface area contributed by atoms with Crippen LogP contribution < -0.4 is 10.1 Å². The fraction of sp³-hybridized carbons (Fsp3) is 0.267. The van der Waals surface area contributed by atoms with E-state index in [9.17, 15) is 4.39 Å². The Kier molecular flexibility index (Phi) is 3.42. The summed E-state index contributed by atoms with van der Waals surface area (Å²) < 4.78 is 18.6. The third-order valence-corrected chi connectivity index (χ3v) is 3.17. The van der Waals surface area contributed by atoms with Gasteiger partial charge in [-0.25, -0.2) is 4.39 Å². The van der Waals surface area contributed by atoms with Gasteiger partial charge in [-0.2, -0.15) is 0 Å². The van der Waals surface area contributed by atoms with E-state index >= 15 is 0 Å². The molecular formula is C15H15FN2O. The first-order valence-corrected chi connectivity index (χ1v) is 6.37. The molecule has 0 radical (unpaired) electrons. The molecule has 0 aliphatic carbocycles. The minimum absolute atomic E-state index is 0.287. The molecule has 0 amide bonds. The number of pyridine rings is 1. The number of rotatable bonds is 3. The predicted octanol–water partition coefficient (Wildman–Crippen LogP) is 2.45. The first-order chi connectivity index (χ1) is 9.31. The van der Waals surface area contributed by atoms with E-state index < -0.39 is 0 Å². The quantitative estimate of drug-likeness (QED) is 0.918. The Bertz CT molecular complexity index is 586. The van der Waals surface area contributed by atoms with E-state index in [1.165, 1.54) is 17.7 Å². The van der Waals surface area contributed by atoms with Crippen molar-refractivity contribution in [3.05, 3.63) is 59.2 Å². The molecule has 0 bridgehead atoms. The van der Waals surface area contributed by atoms with E-state index in [4.69, 9.17) is 4.74 Å². The van der Waals surface area contributed by atoms with E-state index in [-0.39, 0.29) is 5.82 Å². The highest BCUT2D eigenvalue weighted by atomic mass is 19.1. The minimum Gasteiger partial charge on any atom is -0.489 e. The molecule has 2 heterocycles. The summed E-state index contributed by atoms with van der Waals surface area (Å²) in [5.41, 5.74) is 3.39. The maximum absolute atomic E-state index is 13.0. The lowest BCUT2D eigenvalue weighted by Crippen LogP contribution is -2.24. The number of benzene rings is 1. The van der Waals surface area contributed by atoms with Crippen molar-refractivity contribution in [1.82, 2.24) is 10.3 Å². The maximum atomic E-state index is 13.0. The zero-order valence-electron chi connectivity index (χ0n) is 10.5. The van der Waals surface area contributed by atoms with Crippen molar-refractivity contribution in [1.29, 1.82) is 0 Å². The van der Waals surface area contributed by atoms with Crippen LogP contribution in [0.2, 0.25) is 0 Å². The number of hydrogen-bond acceptors (Lipinski definition) is 3. The van der Waals surface area contributed by atoms with Crippen LogP contribution in [-0.2, 0) is 19.6 Å². The molecule has 3 rings (SSSR count). The topological polar surface area (TPSA) is 34.1 Å². The van der Waals surface area contributed by atoms with Crippen molar-refractivity contribution in [2.24, 2.45) is 0 Å². The van der Waals surface area contributed by atoms with Crippen molar-refractivity contribution in [3.8, 4) is 5.75 Å². The van der Waals surface area contributed by atoms with Gasteiger partial charge in [0.2, 0.25) is 0 Å². The first-order valence-electron chi connectivity index (χ1n) is 6.37. The van der Waals surface area contributed by atoms with Gasteiger partial charge >= 0.3 is 0 Å². The van der Waals surface area contributed by atoms with Gasteiger partial charge in [0, 0.05) is 43.0 Å². The normalized spacial score (nSPS) is 13.9. The van der Waals surface area contributed by atoms with Crippen LogP contribution in [0.4, 0.5) is 4.39 Å². The standard InChI is InChI=1S/C15H15FN2O/c16-13-2-1-3-14(7-13)19-10-11-6-12-9-17-5-4-15(12)18-8-11/h1-3,6-8,17H,4-5,9-10H2. The first kappa shape index (κ1) is 12.1. The second-order valence-corrected chi connectivity index (χ2v) is 4.62. The van der Waals surface area contributed by atoms with Crippen molar-refractivity contribution in [2.45, 2.75) is 19.6 Å². The van der Waals surface area contributed by atoms with Crippen LogP contribution in [0.15, 0.2) is 36.5 Å². The minimum atomic E-state index is -0.287. The number of nitrogens with one attached hydrogen (secondary N) is 1. The van der Waals surface area contributed by atoms with Crippen molar-refractivity contribution in [2.75, 3.05) is 6.54 Å². The second kappa shape index (κ2) is 5.36. The average molecular weight is 258 g/mol. The Morgan fingerprint density at radius 1 is 1.32 bits per heavy atom. The molecule has 1 aromatic heterocycles. The van der Waals surface area contributed by atoms with Crippen molar-refractivity contribution < 1.29 is 9.13 Å². The number of ether oxygens (including phenoxy) is 1. The van der Waals surface area contributed by atoms with Crippen LogP contribution in [0.5, 0.6) is 5.75 Å². The van der Waals surface area contributed by atoms with Gasteiger partial charge < -0.3 is 10.1 Å². The van der Waals surface area contributed by atoms with Gasteiger partial charge in [-0.3, -0.25) is 4.98 Å². The second-order valence-electron chi connectivity index (χ2n) is 4.62. The van der Waals surface area contributed by atoms with Crippen molar-refractivity contribution in [3.63, 3.8) is 0 Å². The molecule has 0 spiro atoms. The maximum Gasteiger partial charge on any atom is 0.126 e. The Labute approximate surface area is 111 Å². The largest absolute Gasteiger partial charge is 0.489 e. The van der Waals surface area contributed by atoms with Crippen LogP contribution in [0.25, 0.3) is 0 Å². The Morgan fingerprint density at radius 2 is 2.26 bits per heavy atom. The highest BCUT2D eigenvalue weighted by molar-refractivity contribution is 5.28. The van der Waals surface area contributed by atoms with Gasteiger partial charge in [0.25, 0.3) is 0 Å². The summed E-state index contributed by atoms with van der Waals surface area (Å²) in [6.45, 7) is 2.25. The third kappa shape index (κ3) is 2.90. The van der Waals surface area contributed by atoms with E-state index in [0.29, 0.717) is 12.4 Å². The zero-order valence-corrected chi connectivity index (χ0v) is 10.5. The highest BCUT2D eigenvalue weighted by Crippen LogP contribution is 2.16. The molecule has 0 atom stereocenters. The van der Waals surface area contributed by atoms with Crippen LogP contribution >= 0.6 is 0 Å². The number of fused-ring (bicyclic) bond motifs is 1. The van der Waals surface area contributed by atoms with Crippen LogP contribution in [0.1, 0.15) is 16.8 Å². The summed E-state index contributed by atoms with van der Waals surface area (Å²) >= 11 is 0. The molecule has 19 heavy (non-hydrogen) atoms. The lowest BCUT2D eigenvalue weighted by molar-refractivity contribution is 0.304. The Balaban J connectivity index is 1.70. The van der Waals surface area contributed by atoms with Gasteiger partial charge in [0.15, 0.2) is 0 Å². The van der Waals surface area contributed by atoms with Gasteiger partial charge in [-0.1, -0.05) is 6.07 Å². The summed E-state index contributed by atoms with van der Waals surface area (Å²) in [4.78, 5) is 4.45. The summed E-state index contributed by atoms with van der Waals surface area (Å²) in [5, 5.41) is 3.32. The number of hydrogen-bond donors (Lipinski definition) is 1. The molecule has 98 valence electrons. The average Bonchev–Trinajstić information content (AvgIpc) is 2.45.